The Morgan fingerprint density at radius 1 is 0.897 bits per heavy atom. The smallest absolute Gasteiger partial charge is 0.247 e. The van der Waals surface area contributed by atoms with Crippen molar-refractivity contribution in [3.05, 3.63) is 88.4 Å². The highest BCUT2D eigenvalue weighted by atomic mass is 79.9. The van der Waals surface area contributed by atoms with E-state index >= 15 is 0 Å². The quantitative estimate of drug-likeness (QED) is 0.488. The standard InChI is InChI=1S/C22H22BrNO4S/c1-24(29(25,26)21-15-17(27-2)13-14-20(21)28-3)22(16-9-5-4-6-10-16)18-11-7-8-12-19(18)23/h4-15,22H,1-3H3. The predicted octanol–water partition coefficient (Wildman–Crippen LogP) is 4.88. The molecule has 7 heteroatoms. The number of ether oxygens (including phenoxy) is 2. The summed E-state index contributed by atoms with van der Waals surface area (Å²) in [5.41, 5.74) is 1.69. The van der Waals surface area contributed by atoms with Crippen LogP contribution >= 0.6 is 15.9 Å². The maximum Gasteiger partial charge on any atom is 0.247 e. The fourth-order valence-corrected chi connectivity index (χ4v) is 5.19. The van der Waals surface area contributed by atoms with Gasteiger partial charge in [-0.1, -0.05) is 64.5 Å². The number of sulfonamides is 1. The molecule has 0 amide bonds. The molecule has 3 aromatic rings. The van der Waals surface area contributed by atoms with Gasteiger partial charge >= 0.3 is 0 Å². The molecule has 0 saturated heterocycles. The Balaban J connectivity index is 2.18. The number of nitrogens with zero attached hydrogens (tertiary/aromatic N) is 1. The van der Waals surface area contributed by atoms with Gasteiger partial charge in [-0.2, -0.15) is 4.31 Å². The number of rotatable bonds is 7. The first-order valence-electron chi connectivity index (χ1n) is 8.89. The second kappa shape index (κ2) is 8.98. The van der Waals surface area contributed by atoms with E-state index in [0.717, 1.165) is 15.6 Å². The zero-order valence-corrected chi connectivity index (χ0v) is 18.8. The van der Waals surface area contributed by atoms with Gasteiger partial charge in [0.25, 0.3) is 0 Å². The molecule has 0 aromatic heterocycles. The van der Waals surface area contributed by atoms with Crippen molar-refractivity contribution in [1.29, 1.82) is 0 Å². The molecule has 0 saturated carbocycles. The molecule has 1 atom stereocenters. The summed E-state index contributed by atoms with van der Waals surface area (Å²) in [6, 6.07) is 21.3. The first-order valence-corrected chi connectivity index (χ1v) is 11.1. The molecule has 3 rings (SSSR count). The second-order valence-electron chi connectivity index (χ2n) is 6.37. The molecule has 0 radical (unpaired) electrons. The molecule has 5 nitrogen and oxygen atoms in total. The van der Waals surface area contributed by atoms with Gasteiger partial charge in [0.15, 0.2) is 0 Å². The highest BCUT2D eigenvalue weighted by Gasteiger charge is 2.33. The van der Waals surface area contributed by atoms with Crippen molar-refractivity contribution < 1.29 is 17.9 Å². The topological polar surface area (TPSA) is 55.8 Å². The van der Waals surface area contributed by atoms with E-state index in [-0.39, 0.29) is 10.6 Å². The van der Waals surface area contributed by atoms with Gasteiger partial charge in [-0.3, -0.25) is 0 Å². The number of methoxy groups -OCH3 is 2. The molecule has 152 valence electrons. The van der Waals surface area contributed by atoms with Crippen LogP contribution < -0.4 is 9.47 Å². The van der Waals surface area contributed by atoms with Crippen molar-refractivity contribution in [2.45, 2.75) is 10.9 Å². The van der Waals surface area contributed by atoms with E-state index < -0.39 is 16.1 Å². The minimum Gasteiger partial charge on any atom is -0.497 e. The number of hydrogen-bond acceptors (Lipinski definition) is 4. The van der Waals surface area contributed by atoms with Crippen molar-refractivity contribution in [1.82, 2.24) is 4.31 Å². The Bertz CT molecular complexity index is 1090. The highest BCUT2D eigenvalue weighted by Crippen LogP contribution is 2.38. The van der Waals surface area contributed by atoms with E-state index in [1.54, 1.807) is 19.2 Å². The third-order valence-electron chi connectivity index (χ3n) is 4.71. The minimum absolute atomic E-state index is 0.0508. The lowest BCUT2D eigenvalue weighted by Gasteiger charge is -2.29. The second-order valence-corrected chi connectivity index (χ2v) is 9.19. The van der Waals surface area contributed by atoms with Gasteiger partial charge in [0.05, 0.1) is 20.3 Å². The predicted molar refractivity (Wildman–Crippen MR) is 117 cm³/mol. The summed E-state index contributed by atoms with van der Waals surface area (Å²) in [5.74, 6) is 0.700. The Morgan fingerprint density at radius 2 is 1.55 bits per heavy atom. The molecule has 0 N–H and O–H groups in total. The van der Waals surface area contributed by atoms with Gasteiger partial charge in [0.2, 0.25) is 10.0 Å². The van der Waals surface area contributed by atoms with Gasteiger partial charge in [0.1, 0.15) is 16.4 Å². The van der Waals surface area contributed by atoms with Crippen LogP contribution in [-0.4, -0.2) is 34.0 Å². The normalized spacial score (nSPS) is 12.6. The summed E-state index contributed by atoms with van der Waals surface area (Å²) in [4.78, 5) is 0.0508. The van der Waals surface area contributed by atoms with E-state index in [9.17, 15) is 8.42 Å². The minimum atomic E-state index is -3.92. The summed E-state index contributed by atoms with van der Waals surface area (Å²) in [6.07, 6.45) is 0. The Hall–Kier alpha value is -2.35. The summed E-state index contributed by atoms with van der Waals surface area (Å²) in [6.45, 7) is 0. The third-order valence-corrected chi connectivity index (χ3v) is 7.27. The highest BCUT2D eigenvalue weighted by molar-refractivity contribution is 9.10. The van der Waals surface area contributed by atoms with Gasteiger partial charge in [-0.25, -0.2) is 8.42 Å². The summed E-state index contributed by atoms with van der Waals surface area (Å²) < 4.78 is 40.1. The maximum atomic E-state index is 13.7. The van der Waals surface area contributed by atoms with Crippen molar-refractivity contribution >= 4 is 26.0 Å². The average Bonchev–Trinajstić information content (AvgIpc) is 2.75. The van der Waals surface area contributed by atoms with E-state index in [0.29, 0.717) is 5.75 Å². The lowest BCUT2D eigenvalue weighted by Crippen LogP contribution is -2.32. The van der Waals surface area contributed by atoms with E-state index in [4.69, 9.17) is 9.47 Å². The molecule has 0 fully saturated rings. The summed E-state index contributed by atoms with van der Waals surface area (Å²) in [7, 11) is 0.599. The van der Waals surface area contributed by atoms with Crippen LogP contribution in [0.4, 0.5) is 0 Å². The number of hydrogen-bond donors (Lipinski definition) is 0. The van der Waals surface area contributed by atoms with Crippen LogP contribution in [0, 0.1) is 0 Å². The van der Waals surface area contributed by atoms with Crippen LogP contribution in [0.1, 0.15) is 17.2 Å². The van der Waals surface area contributed by atoms with Gasteiger partial charge in [-0.15, -0.1) is 0 Å². The van der Waals surface area contributed by atoms with Crippen LogP contribution in [0.2, 0.25) is 0 Å². The molecule has 1 unspecified atom stereocenters. The lowest BCUT2D eigenvalue weighted by atomic mass is 9.99. The molecule has 0 aliphatic heterocycles. The monoisotopic (exact) mass is 475 g/mol. The number of halogens is 1. The maximum absolute atomic E-state index is 13.7. The van der Waals surface area contributed by atoms with Gasteiger partial charge in [0, 0.05) is 17.6 Å². The first kappa shape index (κ1) is 21.4. The van der Waals surface area contributed by atoms with E-state index in [2.05, 4.69) is 15.9 Å². The average molecular weight is 476 g/mol. The van der Waals surface area contributed by atoms with Crippen molar-refractivity contribution in [3.8, 4) is 11.5 Å². The van der Waals surface area contributed by atoms with Crippen LogP contribution in [0.3, 0.4) is 0 Å². The molecule has 3 aromatic carbocycles. The van der Waals surface area contributed by atoms with E-state index in [1.165, 1.54) is 24.6 Å². The van der Waals surface area contributed by atoms with Gasteiger partial charge in [-0.05, 0) is 29.3 Å². The zero-order chi connectivity index (χ0) is 21.0. The molecule has 0 aliphatic rings. The Morgan fingerprint density at radius 3 is 2.17 bits per heavy atom. The molecule has 0 spiro atoms. The SMILES string of the molecule is COc1ccc(OC)c(S(=O)(=O)N(C)C(c2ccccc2)c2ccccc2Br)c1. The van der Waals surface area contributed by atoms with Crippen LogP contribution in [0.25, 0.3) is 0 Å². The third kappa shape index (κ3) is 4.32. The molecule has 0 bridgehead atoms. The van der Waals surface area contributed by atoms with Crippen molar-refractivity contribution in [2.75, 3.05) is 21.3 Å². The summed E-state index contributed by atoms with van der Waals surface area (Å²) in [5, 5.41) is 0. The Kier molecular flexibility index (Phi) is 6.62. The molecular formula is C22H22BrNO4S. The van der Waals surface area contributed by atoms with Crippen molar-refractivity contribution in [2.24, 2.45) is 0 Å². The molecular weight excluding hydrogens is 454 g/mol. The van der Waals surface area contributed by atoms with E-state index in [1.807, 2.05) is 54.6 Å². The zero-order valence-electron chi connectivity index (χ0n) is 16.4. The molecule has 29 heavy (non-hydrogen) atoms. The lowest BCUT2D eigenvalue weighted by molar-refractivity contribution is 0.382. The number of benzene rings is 3. The van der Waals surface area contributed by atoms with Crippen LogP contribution in [0.15, 0.2) is 82.2 Å². The fourth-order valence-electron chi connectivity index (χ4n) is 3.20. The van der Waals surface area contributed by atoms with Crippen LogP contribution in [0.5, 0.6) is 11.5 Å². The van der Waals surface area contributed by atoms with Crippen LogP contribution in [-0.2, 0) is 10.0 Å². The Labute approximate surface area is 180 Å². The van der Waals surface area contributed by atoms with Crippen molar-refractivity contribution in [3.63, 3.8) is 0 Å². The fraction of sp³-hybridized carbons (Fsp3) is 0.182. The molecule has 0 heterocycles. The largest absolute Gasteiger partial charge is 0.497 e. The molecule has 0 aliphatic carbocycles. The van der Waals surface area contributed by atoms with Gasteiger partial charge < -0.3 is 9.47 Å². The summed E-state index contributed by atoms with van der Waals surface area (Å²) >= 11 is 3.57. The first-order chi connectivity index (χ1) is 13.9.